The molecule has 0 aliphatic heterocycles. The van der Waals surface area contributed by atoms with Crippen molar-refractivity contribution in [2.75, 3.05) is 7.05 Å². The van der Waals surface area contributed by atoms with Gasteiger partial charge in [0.25, 0.3) is 0 Å². The average Bonchev–Trinajstić information content (AvgIpc) is 2.82. The average molecular weight is 453 g/mol. The van der Waals surface area contributed by atoms with Crippen molar-refractivity contribution in [3.05, 3.63) is 106 Å². The number of benzene rings is 3. The van der Waals surface area contributed by atoms with E-state index in [9.17, 15) is 14.0 Å². The Bertz CT molecular complexity index is 1060. The van der Waals surface area contributed by atoms with E-state index in [1.807, 2.05) is 48.5 Å². The molecule has 2 amide bonds. The van der Waals surface area contributed by atoms with Gasteiger partial charge in [-0.1, -0.05) is 78.3 Å². The molecule has 1 N–H and O–H groups in total. The first-order chi connectivity index (χ1) is 15.5. The predicted molar refractivity (Wildman–Crippen MR) is 125 cm³/mol. The van der Waals surface area contributed by atoms with Gasteiger partial charge in [0.2, 0.25) is 11.8 Å². The predicted octanol–water partition coefficient (Wildman–Crippen LogP) is 4.80. The number of carbonyl (C=O) groups excluding carboxylic acids is 2. The van der Waals surface area contributed by atoms with Crippen molar-refractivity contribution in [1.29, 1.82) is 0 Å². The second-order valence-electron chi connectivity index (χ2n) is 7.52. The Morgan fingerprint density at radius 2 is 1.56 bits per heavy atom. The van der Waals surface area contributed by atoms with Gasteiger partial charge in [0.1, 0.15) is 11.9 Å². The number of likely N-dealkylation sites (N-methyl/N-ethyl adjacent to an activating group) is 1. The first kappa shape index (κ1) is 23.5. The summed E-state index contributed by atoms with van der Waals surface area (Å²) in [7, 11) is 1.54. The summed E-state index contributed by atoms with van der Waals surface area (Å²) in [6, 6.07) is 22.4. The first-order valence-corrected chi connectivity index (χ1v) is 10.9. The van der Waals surface area contributed by atoms with Crippen LogP contribution >= 0.6 is 11.6 Å². The van der Waals surface area contributed by atoms with Crippen LogP contribution in [0.5, 0.6) is 0 Å². The Labute approximate surface area is 193 Å². The molecule has 4 nitrogen and oxygen atoms in total. The maximum Gasteiger partial charge on any atom is 0.242 e. The quantitative estimate of drug-likeness (QED) is 0.507. The Morgan fingerprint density at radius 1 is 0.938 bits per heavy atom. The standard InChI is InChI=1S/C26H26ClFN2O2/c1-29-26(32)24(17-19-9-3-2-4-10-19)30(18-21-12-6-8-14-23(21)28)25(31)16-15-20-11-5-7-13-22(20)27/h2-14,24H,15-18H2,1H3,(H,29,32)/t24-/m0/s1. The lowest BCUT2D eigenvalue weighted by atomic mass is 10.0. The van der Waals surface area contributed by atoms with Crippen LogP contribution in [0, 0.1) is 5.82 Å². The molecule has 0 spiro atoms. The molecule has 0 aliphatic rings. The van der Waals surface area contributed by atoms with Gasteiger partial charge >= 0.3 is 0 Å². The molecule has 0 radical (unpaired) electrons. The molecule has 0 aromatic heterocycles. The number of hydrogen-bond acceptors (Lipinski definition) is 2. The van der Waals surface area contributed by atoms with Crippen LogP contribution in [0.25, 0.3) is 0 Å². The minimum atomic E-state index is -0.777. The van der Waals surface area contributed by atoms with E-state index in [1.54, 1.807) is 24.3 Å². The van der Waals surface area contributed by atoms with Crippen molar-refractivity contribution in [2.45, 2.75) is 31.8 Å². The third-order valence-electron chi connectivity index (χ3n) is 5.38. The van der Waals surface area contributed by atoms with E-state index >= 15 is 0 Å². The molecule has 0 unspecified atom stereocenters. The van der Waals surface area contributed by atoms with E-state index in [4.69, 9.17) is 11.6 Å². The van der Waals surface area contributed by atoms with Crippen molar-refractivity contribution in [3.63, 3.8) is 0 Å². The summed E-state index contributed by atoms with van der Waals surface area (Å²) in [5.41, 5.74) is 2.13. The smallest absolute Gasteiger partial charge is 0.242 e. The number of amides is 2. The largest absolute Gasteiger partial charge is 0.357 e. The zero-order valence-electron chi connectivity index (χ0n) is 17.9. The van der Waals surface area contributed by atoms with Crippen LogP contribution in [0.15, 0.2) is 78.9 Å². The van der Waals surface area contributed by atoms with Gasteiger partial charge in [-0.15, -0.1) is 0 Å². The van der Waals surface area contributed by atoms with Gasteiger partial charge in [-0.2, -0.15) is 0 Å². The Kier molecular flexibility index (Phi) is 8.40. The third kappa shape index (κ3) is 6.17. The topological polar surface area (TPSA) is 49.4 Å². The van der Waals surface area contributed by atoms with Crippen LogP contribution in [-0.2, 0) is 29.0 Å². The number of nitrogens with zero attached hydrogens (tertiary/aromatic N) is 1. The molecule has 32 heavy (non-hydrogen) atoms. The van der Waals surface area contributed by atoms with E-state index in [0.29, 0.717) is 23.4 Å². The molecular formula is C26H26ClFN2O2. The first-order valence-electron chi connectivity index (χ1n) is 10.5. The van der Waals surface area contributed by atoms with Crippen LogP contribution in [0.4, 0.5) is 4.39 Å². The van der Waals surface area contributed by atoms with E-state index in [2.05, 4.69) is 5.32 Å². The molecule has 0 saturated heterocycles. The number of halogens is 2. The molecule has 6 heteroatoms. The van der Waals surface area contributed by atoms with Crippen LogP contribution in [-0.4, -0.2) is 29.8 Å². The van der Waals surface area contributed by atoms with E-state index in [0.717, 1.165) is 11.1 Å². The van der Waals surface area contributed by atoms with Gasteiger partial charge in [0, 0.05) is 37.0 Å². The van der Waals surface area contributed by atoms with Gasteiger partial charge in [0.05, 0.1) is 0 Å². The van der Waals surface area contributed by atoms with Crippen molar-refractivity contribution in [2.24, 2.45) is 0 Å². The lowest BCUT2D eigenvalue weighted by Gasteiger charge is -2.31. The summed E-state index contributed by atoms with van der Waals surface area (Å²) in [6.07, 6.45) is 0.908. The summed E-state index contributed by atoms with van der Waals surface area (Å²) in [5.74, 6) is -0.944. The molecule has 0 fully saturated rings. The van der Waals surface area contributed by atoms with E-state index in [-0.39, 0.29) is 24.8 Å². The van der Waals surface area contributed by atoms with Crippen molar-refractivity contribution < 1.29 is 14.0 Å². The number of carbonyl (C=O) groups is 2. The lowest BCUT2D eigenvalue weighted by Crippen LogP contribution is -2.49. The van der Waals surface area contributed by atoms with Crippen molar-refractivity contribution in [3.8, 4) is 0 Å². The second-order valence-corrected chi connectivity index (χ2v) is 7.93. The molecule has 3 aromatic rings. The van der Waals surface area contributed by atoms with Gasteiger partial charge in [-0.25, -0.2) is 4.39 Å². The Hall–Kier alpha value is -3.18. The molecule has 0 heterocycles. The molecular weight excluding hydrogens is 427 g/mol. The molecule has 166 valence electrons. The molecule has 0 aliphatic carbocycles. The van der Waals surface area contributed by atoms with Gasteiger partial charge < -0.3 is 10.2 Å². The lowest BCUT2D eigenvalue weighted by molar-refractivity contribution is -0.141. The van der Waals surface area contributed by atoms with Crippen LogP contribution in [0.2, 0.25) is 5.02 Å². The fraction of sp³-hybridized carbons (Fsp3) is 0.231. The van der Waals surface area contributed by atoms with Crippen LogP contribution < -0.4 is 5.32 Å². The summed E-state index contributed by atoms with van der Waals surface area (Å²) < 4.78 is 14.4. The van der Waals surface area contributed by atoms with Crippen LogP contribution in [0.3, 0.4) is 0 Å². The Morgan fingerprint density at radius 3 is 2.22 bits per heavy atom. The van der Waals surface area contributed by atoms with Gasteiger partial charge in [0.15, 0.2) is 0 Å². The van der Waals surface area contributed by atoms with E-state index < -0.39 is 11.9 Å². The van der Waals surface area contributed by atoms with Crippen molar-refractivity contribution >= 4 is 23.4 Å². The highest BCUT2D eigenvalue weighted by Crippen LogP contribution is 2.20. The van der Waals surface area contributed by atoms with Gasteiger partial charge in [-0.3, -0.25) is 9.59 Å². The van der Waals surface area contributed by atoms with Crippen molar-refractivity contribution in [1.82, 2.24) is 10.2 Å². The summed E-state index contributed by atoms with van der Waals surface area (Å²) in [6.45, 7) is -0.00104. The molecule has 3 aromatic carbocycles. The maximum atomic E-state index is 14.4. The van der Waals surface area contributed by atoms with Crippen LogP contribution in [0.1, 0.15) is 23.1 Å². The number of hydrogen-bond donors (Lipinski definition) is 1. The number of aryl methyl sites for hydroxylation is 1. The fourth-order valence-electron chi connectivity index (χ4n) is 3.62. The summed E-state index contributed by atoms with van der Waals surface area (Å²) >= 11 is 6.24. The fourth-order valence-corrected chi connectivity index (χ4v) is 3.85. The second kappa shape index (κ2) is 11.4. The minimum Gasteiger partial charge on any atom is -0.357 e. The van der Waals surface area contributed by atoms with E-state index in [1.165, 1.54) is 18.0 Å². The molecule has 0 bridgehead atoms. The molecule has 0 saturated carbocycles. The highest BCUT2D eigenvalue weighted by Gasteiger charge is 2.30. The normalized spacial score (nSPS) is 11.6. The monoisotopic (exact) mass is 452 g/mol. The SMILES string of the molecule is CNC(=O)[C@H](Cc1ccccc1)N(Cc1ccccc1F)C(=O)CCc1ccccc1Cl. The molecule has 1 atom stereocenters. The minimum absolute atomic E-state index is 0.00104. The zero-order chi connectivity index (χ0) is 22.9. The highest BCUT2D eigenvalue weighted by molar-refractivity contribution is 6.31. The highest BCUT2D eigenvalue weighted by atomic mass is 35.5. The number of nitrogens with one attached hydrogen (secondary N) is 1. The molecule has 3 rings (SSSR count). The zero-order valence-corrected chi connectivity index (χ0v) is 18.7. The van der Waals surface area contributed by atoms with Gasteiger partial charge in [-0.05, 0) is 29.7 Å². The Balaban J connectivity index is 1.89. The maximum absolute atomic E-state index is 14.4. The number of rotatable bonds is 9. The third-order valence-corrected chi connectivity index (χ3v) is 5.75. The summed E-state index contributed by atoms with van der Waals surface area (Å²) in [4.78, 5) is 27.7. The summed E-state index contributed by atoms with van der Waals surface area (Å²) in [5, 5.41) is 3.25.